The predicted octanol–water partition coefficient (Wildman–Crippen LogP) is 1.41. The summed E-state index contributed by atoms with van der Waals surface area (Å²) in [5.74, 6) is 1.24. The first-order chi connectivity index (χ1) is 7.52. The molecule has 1 amide bonds. The average Bonchev–Trinajstić information content (AvgIpc) is 2.26. The fourth-order valence-corrected chi connectivity index (χ4v) is 1.52. The molecule has 4 nitrogen and oxygen atoms in total. The fourth-order valence-electron chi connectivity index (χ4n) is 1.52. The van der Waals surface area contributed by atoms with Crippen molar-refractivity contribution in [1.29, 1.82) is 0 Å². The van der Waals surface area contributed by atoms with Gasteiger partial charge in [-0.05, 0) is 12.8 Å². The van der Waals surface area contributed by atoms with Crippen molar-refractivity contribution in [2.45, 2.75) is 39.5 Å². The average molecular weight is 225 g/mol. The van der Waals surface area contributed by atoms with E-state index in [0.29, 0.717) is 25.8 Å². The molecule has 0 radical (unpaired) electrons. The zero-order valence-corrected chi connectivity index (χ0v) is 9.88. The number of carboxylic acids is 1. The molecule has 90 valence electrons. The zero-order valence-electron chi connectivity index (χ0n) is 9.88. The van der Waals surface area contributed by atoms with Gasteiger partial charge in [0.2, 0.25) is 5.91 Å². The lowest BCUT2D eigenvalue weighted by molar-refractivity contribution is -0.152. The summed E-state index contributed by atoms with van der Waals surface area (Å²) in [6, 6.07) is 0. The Morgan fingerprint density at radius 2 is 1.94 bits per heavy atom. The molecule has 0 aliphatic heterocycles. The summed E-state index contributed by atoms with van der Waals surface area (Å²) >= 11 is 0. The smallest absolute Gasteiger partial charge is 0.310 e. The van der Waals surface area contributed by atoms with Gasteiger partial charge in [0.25, 0.3) is 0 Å². The van der Waals surface area contributed by atoms with Crippen molar-refractivity contribution < 1.29 is 14.7 Å². The summed E-state index contributed by atoms with van der Waals surface area (Å²) in [5, 5.41) is 11.7. The van der Waals surface area contributed by atoms with Gasteiger partial charge in [-0.1, -0.05) is 13.8 Å². The Kier molecular flexibility index (Phi) is 6.24. The second-order valence-corrected chi connectivity index (χ2v) is 3.77. The van der Waals surface area contributed by atoms with Gasteiger partial charge < -0.3 is 10.4 Å². The molecule has 0 heterocycles. The quantitative estimate of drug-likeness (QED) is 0.508. The van der Waals surface area contributed by atoms with Crippen LogP contribution in [0.5, 0.6) is 0 Å². The van der Waals surface area contributed by atoms with Gasteiger partial charge in [0.05, 0.1) is 5.41 Å². The van der Waals surface area contributed by atoms with Crippen LogP contribution in [0.15, 0.2) is 0 Å². The van der Waals surface area contributed by atoms with Crippen LogP contribution < -0.4 is 5.32 Å². The van der Waals surface area contributed by atoms with E-state index in [-0.39, 0.29) is 12.3 Å². The van der Waals surface area contributed by atoms with Crippen molar-refractivity contribution in [3.8, 4) is 12.3 Å². The van der Waals surface area contributed by atoms with E-state index in [9.17, 15) is 9.59 Å². The highest BCUT2D eigenvalue weighted by Gasteiger charge is 2.36. The number of hydrogen-bond donors (Lipinski definition) is 2. The highest BCUT2D eigenvalue weighted by molar-refractivity contribution is 5.84. The van der Waals surface area contributed by atoms with E-state index in [2.05, 4.69) is 11.2 Å². The van der Waals surface area contributed by atoms with Crippen molar-refractivity contribution in [2.75, 3.05) is 6.54 Å². The number of terminal acetylenes is 1. The van der Waals surface area contributed by atoms with Gasteiger partial charge >= 0.3 is 5.97 Å². The maximum atomic E-state index is 11.5. The van der Waals surface area contributed by atoms with Crippen LogP contribution >= 0.6 is 0 Å². The molecular weight excluding hydrogens is 206 g/mol. The largest absolute Gasteiger partial charge is 0.481 e. The predicted molar refractivity (Wildman–Crippen MR) is 61.7 cm³/mol. The van der Waals surface area contributed by atoms with Gasteiger partial charge in [-0.15, -0.1) is 12.3 Å². The highest BCUT2D eigenvalue weighted by Crippen LogP contribution is 2.30. The van der Waals surface area contributed by atoms with Crippen LogP contribution in [0.2, 0.25) is 0 Å². The van der Waals surface area contributed by atoms with E-state index < -0.39 is 11.4 Å². The van der Waals surface area contributed by atoms with E-state index >= 15 is 0 Å². The molecule has 0 saturated carbocycles. The van der Waals surface area contributed by atoms with Gasteiger partial charge in [-0.2, -0.15) is 0 Å². The number of nitrogens with one attached hydrogen (secondary N) is 1. The first-order valence-corrected chi connectivity index (χ1v) is 5.46. The lowest BCUT2D eigenvalue weighted by Gasteiger charge is -2.25. The molecule has 16 heavy (non-hydrogen) atoms. The van der Waals surface area contributed by atoms with Crippen molar-refractivity contribution in [3.63, 3.8) is 0 Å². The van der Waals surface area contributed by atoms with E-state index in [4.69, 9.17) is 11.5 Å². The maximum absolute atomic E-state index is 11.5. The van der Waals surface area contributed by atoms with Crippen molar-refractivity contribution in [3.05, 3.63) is 0 Å². The minimum Gasteiger partial charge on any atom is -0.481 e. The van der Waals surface area contributed by atoms with Gasteiger partial charge in [-0.25, -0.2) is 0 Å². The molecule has 0 aromatic heterocycles. The Labute approximate surface area is 96.4 Å². The number of carboxylic acid groups (broad SMARTS) is 1. The molecule has 0 fully saturated rings. The van der Waals surface area contributed by atoms with Crippen LogP contribution in [0.25, 0.3) is 0 Å². The summed E-state index contributed by atoms with van der Waals surface area (Å²) < 4.78 is 0. The lowest BCUT2D eigenvalue weighted by atomic mass is 9.79. The summed E-state index contributed by atoms with van der Waals surface area (Å²) in [4.78, 5) is 22.6. The van der Waals surface area contributed by atoms with Crippen LogP contribution in [0.3, 0.4) is 0 Å². The number of aliphatic carboxylic acids is 1. The molecule has 0 atom stereocenters. The molecule has 0 rings (SSSR count). The second kappa shape index (κ2) is 6.89. The minimum absolute atomic E-state index is 0.0138. The Balaban J connectivity index is 4.36. The third-order valence-corrected chi connectivity index (χ3v) is 2.90. The Bertz CT molecular complexity index is 287. The first-order valence-electron chi connectivity index (χ1n) is 5.46. The molecule has 0 aromatic rings. The third-order valence-electron chi connectivity index (χ3n) is 2.90. The van der Waals surface area contributed by atoms with Crippen molar-refractivity contribution >= 4 is 11.9 Å². The summed E-state index contributed by atoms with van der Waals surface area (Å²) in [6.45, 7) is 3.97. The lowest BCUT2D eigenvalue weighted by Crippen LogP contribution is -2.37. The molecule has 0 saturated heterocycles. The van der Waals surface area contributed by atoms with E-state index in [1.54, 1.807) is 13.8 Å². The number of rotatable bonds is 7. The molecule has 0 bridgehead atoms. The van der Waals surface area contributed by atoms with Crippen LogP contribution in [0.1, 0.15) is 39.5 Å². The SMILES string of the molecule is C#CCCNC(=O)CC(CC)(CC)C(=O)O. The molecule has 2 N–H and O–H groups in total. The number of hydrogen-bond acceptors (Lipinski definition) is 2. The van der Waals surface area contributed by atoms with Crippen LogP contribution in [-0.4, -0.2) is 23.5 Å². The molecular formula is C12H19NO3. The second-order valence-electron chi connectivity index (χ2n) is 3.77. The molecule has 0 aliphatic carbocycles. The topological polar surface area (TPSA) is 66.4 Å². The third kappa shape index (κ3) is 3.93. The monoisotopic (exact) mass is 225 g/mol. The Morgan fingerprint density at radius 1 is 1.38 bits per heavy atom. The standard InChI is InChI=1S/C12H19NO3/c1-4-7-8-13-10(14)9-12(5-2,6-3)11(15)16/h1H,5-9H2,2-3H3,(H,13,14)(H,15,16). The summed E-state index contributed by atoms with van der Waals surface area (Å²) in [6.07, 6.45) is 6.41. The van der Waals surface area contributed by atoms with Crippen molar-refractivity contribution in [1.82, 2.24) is 5.32 Å². The molecule has 0 spiro atoms. The van der Waals surface area contributed by atoms with Crippen LogP contribution in [0, 0.1) is 17.8 Å². The first kappa shape index (κ1) is 14.5. The highest BCUT2D eigenvalue weighted by atomic mass is 16.4. The van der Waals surface area contributed by atoms with Gasteiger partial charge in [0.15, 0.2) is 0 Å². The van der Waals surface area contributed by atoms with E-state index in [1.165, 1.54) is 0 Å². The van der Waals surface area contributed by atoms with Crippen molar-refractivity contribution in [2.24, 2.45) is 5.41 Å². The van der Waals surface area contributed by atoms with Crippen LogP contribution in [0.4, 0.5) is 0 Å². The van der Waals surface area contributed by atoms with E-state index in [0.717, 1.165) is 0 Å². The van der Waals surface area contributed by atoms with Crippen LogP contribution in [-0.2, 0) is 9.59 Å². The maximum Gasteiger partial charge on any atom is 0.310 e. The number of carbonyl (C=O) groups excluding carboxylic acids is 1. The molecule has 4 heteroatoms. The Hall–Kier alpha value is -1.50. The fraction of sp³-hybridized carbons (Fsp3) is 0.667. The molecule has 0 aliphatic rings. The van der Waals surface area contributed by atoms with Gasteiger partial charge in [0, 0.05) is 19.4 Å². The van der Waals surface area contributed by atoms with E-state index in [1.807, 2.05) is 0 Å². The number of carbonyl (C=O) groups is 2. The van der Waals surface area contributed by atoms with Gasteiger partial charge in [0.1, 0.15) is 0 Å². The number of amides is 1. The minimum atomic E-state index is -0.944. The summed E-state index contributed by atoms with van der Waals surface area (Å²) in [5.41, 5.74) is -0.944. The normalized spacial score (nSPS) is 10.6. The zero-order chi connectivity index (χ0) is 12.6. The summed E-state index contributed by atoms with van der Waals surface area (Å²) in [7, 11) is 0. The Morgan fingerprint density at radius 3 is 2.31 bits per heavy atom. The molecule has 0 aromatic carbocycles. The van der Waals surface area contributed by atoms with Gasteiger partial charge in [-0.3, -0.25) is 9.59 Å². The molecule has 0 unspecified atom stereocenters.